The van der Waals surface area contributed by atoms with Gasteiger partial charge in [-0.3, -0.25) is 0 Å². The Morgan fingerprint density at radius 1 is 1.20 bits per heavy atom. The van der Waals surface area contributed by atoms with E-state index in [9.17, 15) is 5.11 Å². The molecule has 0 aliphatic carbocycles. The van der Waals surface area contributed by atoms with Crippen molar-refractivity contribution in [1.82, 2.24) is 5.32 Å². The van der Waals surface area contributed by atoms with Gasteiger partial charge in [0.1, 0.15) is 0 Å². The minimum absolute atomic E-state index is 0.425. The average molecular weight is 213 g/mol. The lowest BCUT2D eigenvalue weighted by atomic mass is 9.72. The normalized spacial score (nSPS) is 33.6. The number of hydrogen-bond donors (Lipinski definition) is 2. The molecule has 3 heteroatoms. The number of nitrogens with one attached hydrogen (secondary N) is 1. The first-order valence-electron chi connectivity index (χ1n) is 6.22. The van der Waals surface area contributed by atoms with Gasteiger partial charge in [-0.25, -0.2) is 0 Å². The van der Waals surface area contributed by atoms with Gasteiger partial charge in [-0.2, -0.15) is 0 Å². The molecule has 0 saturated carbocycles. The van der Waals surface area contributed by atoms with Crippen LogP contribution in [-0.4, -0.2) is 37.0 Å². The molecule has 2 rings (SSSR count). The molecule has 0 aromatic carbocycles. The van der Waals surface area contributed by atoms with Crippen LogP contribution < -0.4 is 5.32 Å². The van der Waals surface area contributed by atoms with E-state index in [1.165, 1.54) is 6.42 Å². The predicted molar refractivity (Wildman–Crippen MR) is 59.8 cm³/mol. The highest BCUT2D eigenvalue weighted by Gasteiger charge is 2.40. The second-order valence-electron chi connectivity index (χ2n) is 5.16. The van der Waals surface area contributed by atoms with Crippen LogP contribution in [0.5, 0.6) is 0 Å². The Bertz CT molecular complexity index is 174. The van der Waals surface area contributed by atoms with Crippen molar-refractivity contribution in [2.45, 2.75) is 38.2 Å². The molecule has 2 saturated heterocycles. The second kappa shape index (κ2) is 4.81. The molecule has 0 radical (unpaired) electrons. The zero-order chi connectivity index (χ0) is 10.7. The van der Waals surface area contributed by atoms with Gasteiger partial charge in [-0.05, 0) is 45.1 Å². The van der Waals surface area contributed by atoms with Crippen molar-refractivity contribution in [1.29, 1.82) is 0 Å². The summed E-state index contributed by atoms with van der Waals surface area (Å²) in [5, 5.41) is 14.1. The highest BCUT2D eigenvalue weighted by Crippen LogP contribution is 2.35. The summed E-state index contributed by atoms with van der Waals surface area (Å²) in [6, 6.07) is 0. The maximum Gasteiger partial charge on any atom is 0.0689 e. The number of aliphatic hydroxyl groups is 1. The van der Waals surface area contributed by atoms with E-state index < -0.39 is 5.60 Å². The molecule has 15 heavy (non-hydrogen) atoms. The first-order chi connectivity index (χ1) is 7.21. The van der Waals surface area contributed by atoms with E-state index in [1.54, 1.807) is 0 Å². The molecular weight excluding hydrogens is 190 g/mol. The van der Waals surface area contributed by atoms with E-state index in [4.69, 9.17) is 4.74 Å². The van der Waals surface area contributed by atoms with Crippen molar-refractivity contribution >= 4 is 0 Å². The Morgan fingerprint density at radius 3 is 2.53 bits per heavy atom. The van der Waals surface area contributed by atoms with Gasteiger partial charge < -0.3 is 15.2 Å². The summed E-state index contributed by atoms with van der Waals surface area (Å²) in [4.78, 5) is 0. The summed E-state index contributed by atoms with van der Waals surface area (Å²) >= 11 is 0. The van der Waals surface area contributed by atoms with Gasteiger partial charge in [0.15, 0.2) is 0 Å². The van der Waals surface area contributed by atoms with Crippen LogP contribution in [-0.2, 0) is 4.74 Å². The maximum atomic E-state index is 10.7. The molecule has 0 aromatic rings. The predicted octanol–water partition coefficient (Wildman–Crippen LogP) is 1.16. The van der Waals surface area contributed by atoms with Gasteiger partial charge in [-0.15, -0.1) is 0 Å². The van der Waals surface area contributed by atoms with Crippen LogP contribution in [0.3, 0.4) is 0 Å². The van der Waals surface area contributed by atoms with Gasteiger partial charge in [0.2, 0.25) is 0 Å². The Morgan fingerprint density at radius 2 is 1.93 bits per heavy atom. The molecule has 3 nitrogen and oxygen atoms in total. The van der Waals surface area contributed by atoms with Crippen molar-refractivity contribution in [3.8, 4) is 0 Å². The van der Waals surface area contributed by atoms with E-state index in [1.807, 2.05) is 6.92 Å². The molecule has 2 atom stereocenters. The van der Waals surface area contributed by atoms with Crippen molar-refractivity contribution < 1.29 is 9.84 Å². The summed E-state index contributed by atoms with van der Waals surface area (Å²) in [5.74, 6) is 0.852. The third-order valence-corrected chi connectivity index (χ3v) is 4.17. The fourth-order valence-corrected chi connectivity index (χ4v) is 2.97. The Kier molecular flexibility index (Phi) is 3.65. The van der Waals surface area contributed by atoms with Gasteiger partial charge in [-0.1, -0.05) is 0 Å². The number of rotatable bonds is 2. The molecule has 0 aromatic heterocycles. The van der Waals surface area contributed by atoms with E-state index in [0.717, 1.165) is 45.6 Å². The van der Waals surface area contributed by atoms with E-state index in [-0.39, 0.29) is 0 Å². The number of ether oxygens (including phenoxy) is 1. The van der Waals surface area contributed by atoms with E-state index in [2.05, 4.69) is 5.32 Å². The smallest absolute Gasteiger partial charge is 0.0689 e. The number of hydrogen-bond acceptors (Lipinski definition) is 3. The maximum absolute atomic E-state index is 10.7. The van der Waals surface area contributed by atoms with E-state index in [0.29, 0.717) is 11.8 Å². The summed E-state index contributed by atoms with van der Waals surface area (Å²) in [6.45, 7) is 5.76. The molecule has 2 fully saturated rings. The van der Waals surface area contributed by atoms with Crippen LogP contribution in [0.1, 0.15) is 32.6 Å². The first kappa shape index (κ1) is 11.4. The molecule has 2 aliphatic heterocycles. The first-order valence-corrected chi connectivity index (χ1v) is 6.22. The Labute approximate surface area is 92.2 Å². The average Bonchev–Trinajstić information content (AvgIpc) is 2.31. The molecule has 0 amide bonds. The molecule has 2 N–H and O–H groups in total. The highest BCUT2D eigenvalue weighted by molar-refractivity contribution is 4.92. The van der Waals surface area contributed by atoms with Crippen LogP contribution in [0.15, 0.2) is 0 Å². The zero-order valence-electron chi connectivity index (χ0n) is 9.67. The van der Waals surface area contributed by atoms with Gasteiger partial charge >= 0.3 is 0 Å². The molecular formula is C12H23NO2. The summed E-state index contributed by atoms with van der Waals surface area (Å²) in [7, 11) is 0. The van der Waals surface area contributed by atoms with Crippen LogP contribution in [0.4, 0.5) is 0 Å². The lowest BCUT2D eigenvalue weighted by molar-refractivity contribution is -0.0946. The Hall–Kier alpha value is -0.120. The topological polar surface area (TPSA) is 41.5 Å². The molecule has 2 unspecified atom stereocenters. The van der Waals surface area contributed by atoms with Crippen molar-refractivity contribution in [2.75, 3.05) is 26.3 Å². The quantitative estimate of drug-likeness (QED) is 0.723. The third kappa shape index (κ3) is 2.52. The van der Waals surface area contributed by atoms with Crippen LogP contribution in [0.25, 0.3) is 0 Å². The summed E-state index contributed by atoms with van der Waals surface area (Å²) in [5.41, 5.74) is -0.503. The molecule has 2 heterocycles. The molecule has 0 bridgehead atoms. The van der Waals surface area contributed by atoms with Gasteiger partial charge in [0, 0.05) is 25.7 Å². The fraction of sp³-hybridized carbons (Fsp3) is 1.00. The summed E-state index contributed by atoms with van der Waals surface area (Å²) in [6.07, 6.45) is 4.40. The van der Waals surface area contributed by atoms with Crippen LogP contribution in [0, 0.1) is 11.8 Å². The fourth-order valence-electron chi connectivity index (χ4n) is 2.97. The van der Waals surface area contributed by atoms with Gasteiger partial charge in [0.05, 0.1) is 5.60 Å². The Balaban J connectivity index is 1.96. The SMILES string of the molecule is CC(O)(C1CCOCC1)C1CCCNC1. The lowest BCUT2D eigenvalue weighted by Crippen LogP contribution is -2.50. The minimum atomic E-state index is -0.503. The largest absolute Gasteiger partial charge is 0.390 e. The third-order valence-electron chi connectivity index (χ3n) is 4.17. The van der Waals surface area contributed by atoms with E-state index >= 15 is 0 Å². The molecule has 2 aliphatic rings. The van der Waals surface area contributed by atoms with Gasteiger partial charge in [0.25, 0.3) is 0 Å². The number of piperidine rings is 1. The minimum Gasteiger partial charge on any atom is -0.390 e. The van der Waals surface area contributed by atoms with Crippen LogP contribution >= 0.6 is 0 Å². The van der Waals surface area contributed by atoms with Crippen molar-refractivity contribution in [3.63, 3.8) is 0 Å². The summed E-state index contributed by atoms with van der Waals surface area (Å²) < 4.78 is 5.36. The van der Waals surface area contributed by atoms with Crippen molar-refractivity contribution in [2.24, 2.45) is 11.8 Å². The second-order valence-corrected chi connectivity index (χ2v) is 5.16. The zero-order valence-corrected chi connectivity index (χ0v) is 9.67. The molecule has 88 valence electrons. The lowest BCUT2D eigenvalue weighted by Gasteiger charge is -2.43. The van der Waals surface area contributed by atoms with Crippen LogP contribution in [0.2, 0.25) is 0 Å². The molecule has 0 spiro atoms. The monoisotopic (exact) mass is 213 g/mol. The standard InChI is InChI=1S/C12H23NO2/c1-12(14,10-4-7-15-8-5-10)11-3-2-6-13-9-11/h10-11,13-14H,2-9H2,1H3. The van der Waals surface area contributed by atoms with Crippen molar-refractivity contribution in [3.05, 3.63) is 0 Å². The highest BCUT2D eigenvalue weighted by atomic mass is 16.5.